The minimum absolute atomic E-state index is 0.154. The molecule has 3 nitrogen and oxygen atoms in total. The molecule has 0 aromatic heterocycles. The van der Waals surface area contributed by atoms with E-state index < -0.39 is 5.82 Å². The van der Waals surface area contributed by atoms with E-state index in [0.29, 0.717) is 22.6 Å². The maximum atomic E-state index is 13.2. The molecule has 1 atom stereocenters. The van der Waals surface area contributed by atoms with Crippen molar-refractivity contribution in [1.29, 1.82) is 0 Å². The van der Waals surface area contributed by atoms with E-state index in [-0.39, 0.29) is 5.91 Å². The van der Waals surface area contributed by atoms with Crippen LogP contribution in [0, 0.1) is 5.82 Å². The Kier molecular flexibility index (Phi) is 4.93. The minimum atomic E-state index is -0.393. The van der Waals surface area contributed by atoms with Crippen molar-refractivity contribution in [3.05, 3.63) is 34.1 Å². The largest absolute Gasteiger partial charge is 0.340 e. The lowest BCUT2D eigenvalue weighted by Crippen LogP contribution is -2.44. The summed E-state index contributed by atoms with van der Waals surface area (Å²) in [5, 5.41) is 3.40. The van der Waals surface area contributed by atoms with Crippen molar-refractivity contribution in [1.82, 2.24) is 10.2 Å². The summed E-state index contributed by atoms with van der Waals surface area (Å²) < 4.78 is 13.9. The molecule has 0 bridgehead atoms. The van der Waals surface area contributed by atoms with Gasteiger partial charge in [-0.15, -0.1) is 0 Å². The van der Waals surface area contributed by atoms with Gasteiger partial charge in [-0.05, 0) is 53.5 Å². The van der Waals surface area contributed by atoms with Crippen LogP contribution < -0.4 is 5.32 Å². The normalized spacial score (nSPS) is 19.2. The molecule has 1 amide bonds. The molecule has 1 unspecified atom stereocenters. The lowest BCUT2D eigenvalue weighted by Gasteiger charge is -2.28. The number of likely N-dealkylation sites (N-methyl/N-ethyl adjacent to an activating group) is 1. The molecular formula is C14H18BrFN2O. The van der Waals surface area contributed by atoms with Gasteiger partial charge < -0.3 is 10.2 Å². The average molecular weight is 329 g/mol. The van der Waals surface area contributed by atoms with E-state index in [2.05, 4.69) is 21.2 Å². The quantitative estimate of drug-likeness (QED) is 0.925. The molecule has 1 aromatic rings. The molecule has 0 radical (unpaired) electrons. The summed E-state index contributed by atoms with van der Waals surface area (Å²) in [4.78, 5) is 13.9. The first-order valence-corrected chi connectivity index (χ1v) is 7.31. The smallest absolute Gasteiger partial charge is 0.254 e. The minimum Gasteiger partial charge on any atom is -0.340 e. The molecule has 1 aliphatic rings. The van der Waals surface area contributed by atoms with Crippen molar-refractivity contribution >= 4 is 21.8 Å². The van der Waals surface area contributed by atoms with Crippen LogP contribution in [0.2, 0.25) is 0 Å². The first-order valence-electron chi connectivity index (χ1n) is 6.52. The molecule has 0 spiro atoms. The van der Waals surface area contributed by atoms with Gasteiger partial charge in [-0.1, -0.05) is 6.42 Å². The van der Waals surface area contributed by atoms with Crippen molar-refractivity contribution < 1.29 is 9.18 Å². The Morgan fingerprint density at radius 1 is 1.53 bits per heavy atom. The van der Waals surface area contributed by atoms with E-state index in [1.165, 1.54) is 25.0 Å². The van der Waals surface area contributed by atoms with Gasteiger partial charge >= 0.3 is 0 Å². The topological polar surface area (TPSA) is 32.3 Å². The monoisotopic (exact) mass is 328 g/mol. The van der Waals surface area contributed by atoms with Crippen LogP contribution >= 0.6 is 15.9 Å². The van der Waals surface area contributed by atoms with Crippen LogP contribution in [0.15, 0.2) is 22.7 Å². The highest BCUT2D eigenvalue weighted by Crippen LogP contribution is 2.20. The second kappa shape index (κ2) is 6.48. The summed E-state index contributed by atoms with van der Waals surface area (Å²) in [6.07, 6.45) is 3.48. The van der Waals surface area contributed by atoms with E-state index in [9.17, 15) is 9.18 Å². The molecule has 1 N–H and O–H groups in total. The molecule has 104 valence electrons. The Balaban J connectivity index is 2.03. The first kappa shape index (κ1) is 14.5. The number of hydrogen-bond acceptors (Lipinski definition) is 2. The van der Waals surface area contributed by atoms with E-state index >= 15 is 0 Å². The predicted octanol–water partition coefficient (Wildman–Crippen LogP) is 2.80. The maximum absolute atomic E-state index is 13.2. The zero-order valence-electron chi connectivity index (χ0n) is 11.0. The summed E-state index contributed by atoms with van der Waals surface area (Å²) in [5.74, 6) is -0.547. The number of carbonyl (C=O) groups is 1. The molecule has 1 fully saturated rings. The first-order chi connectivity index (χ1) is 9.08. The predicted molar refractivity (Wildman–Crippen MR) is 76.7 cm³/mol. The maximum Gasteiger partial charge on any atom is 0.254 e. The standard InChI is InChI=1S/C14H18BrFN2O/c1-18(9-11-4-2-3-7-17-11)14(19)12-8-10(16)5-6-13(12)15/h5-6,8,11,17H,2-4,7,9H2,1H3. The SMILES string of the molecule is CN(CC1CCCCN1)C(=O)c1cc(F)ccc1Br. The Morgan fingerprint density at radius 3 is 3.00 bits per heavy atom. The summed E-state index contributed by atoms with van der Waals surface area (Å²) in [7, 11) is 1.76. The zero-order valence-corrected chi connectivity index (χ0v) is 12.5. The Morgan fingerprint density at radius 2 is 2.32 bits per heavy atom. The molecule has 19 heavy (non-hydrogen) atoms. The van der Waals surface area contributed by atoms with Crippen LogP contribution in [0.4, 0.5) is 4.39 Å². The van der Waals surface area contributed by atoms with Gasteiger partial charge in [-0.25, -0.2) is 4.39 Å². The zero-order chi connectivity index (χ0) is 13.8. The fourth-order valence-electron chi connectivity index (χ4n) is 2.36. The molecule has 1 aliphatic heterocycles. The number of hydrogen-bond donors (Lipinski definition) is 1. The van der Waals surface area contributed by atoms with Gasteiger partial charge in [0.2, 0.25) is 0 Å². The van der Waals surface area contributed by atoms with Crippen LogP contribution in [-0.2, 0) is 0 Å². The van der Waals surface area contributed by atoms with Crippen LogP contribution in [0.25, 0.3) is 0 Å². The molecule has 0 aliphatic carbocycles. The summed E-state index contributed by atoms with van der Waals surface area (Å²) in [6.45, 7) is 1.66. The lowest BCUT2D eigenvalue weighted by atomic mass is 10.0. The van der Waals surface area contributed by atoms with Crippen LogP contribution in [0.3, 0.4) is 0 Å². The number of carbonyl (C=O) groups excluding carboxylic acids is 1. The van der Waals surface area contributed by atoms with Crippen molar-refractivity contribution in [2.45, 2.75) is 25.3 Å². The summed E-state index contributed by atoms with van der Waals surface area (Å²) in [6, 6.07) is 4.52. The second-order valence-corrected chi connectivity index (χ2v) is 5.81. The molecular weight excluding hydrogens is 311 g/mol. The van der Waals surface area contributed by atoms with Crippen LogP contribution in [0.5, 0.6) is 0 Å². The number of nitrogens with zero attached hydrogens (tertiary/aromatic N) is 1. The van der Waals surface area contributed by atoms with Gasteiger partial charge in [-0.2, -0.15) is 0 Å². The third kappa shape index (κ3) is 3.76. The molecule has 1 aromatic carbocycles. The number of nitrogens with one attached hydrogen (secondary N) is 1. The lowest BCUT2D eigenvalue weighted by molar-refractivity contribution is 0.0774. The van der Waals surface area contributed by atoms with E-state index in [0.717, 1.165) is 13.0 Å². The van der Waals surface area contributed by atoms with E-state index in [1.54, 1.807) is 18.0 Å². The van der Waals surface area contributed by atoms with Crippen LogP contribution in [-0.4, -0.2) is 37.0 Å². The van der Waals surface area contributed by atoms with Gasteiger partial charge in [0.15, 0.2) is 0 Å². The summed E-state index contributed by atoms with van der Waals surface area (Å²) in [5.41, 5.74) is 0.373. The van der Waals surface area contributed by atoms with Crippen molar-refractivity contribution in [2.24, 2.45) is 0 Å². The number of halogens is 2. The number of amides is 1. The Labute approximate surface area is 121 Å². The average Bonchev–Trinajstić information content (AvgIpc) is 2.42. The van der Waals surface area contributed by atoms with Crippen LogP contribution in [0.1, 0.15) is 29.6 Å². The highest BCUT2D eigenvalue weighted by Gasteiger charge is 2.20. The number of piperidine rings is 1. The molecule has 0 saturated carbocycles. The fraction of sp³-hybridized carbons (Fsp3) is 0.500. The molecule has 1 heterocycles. The number of benzene rings is 1. The highest BCUT2D eigenvalue weighted by molar-refractivity contribution is 9.10. The van der Waals surface area contributed by atoms with Gasteiger partial charge in [0.25, 0.3) is 5.91 Å². The Bertz CT molecular complexity index is 461. The van der Waals surface area contributed by atoms with Gasteiger partial charge in [0.05, 0.1) is 5.56 Å². The van der Waals surface area contributed by atoms with Crippen molar-refractivity contribution in [3.8, 4) is 0 Å². The Hall–Kier alpha value is -0.940. The molecule has 1 saturated heterocycles. The van der Waals surface area contributed by atoms with E-state index in [1.807, 2.05) is 0 Å². The van der Waals surface area contributed by atoms with Gasteiger partial charge in [0, 0.05) is 24.1 Å². The molecule has 5 heteroatoms. The van der Waals surface area contributed by atoms with Crippen molar-refractivity contribution in [3.63, 3.8) is 0 Å². The third-order valence-corrected chi connectivity index (χ3v) is 4.10. The van der Waals surface area contributed by atoms with Gasteiger partial charge in [0.1, 0.15) is 5.82 Å². The highest BCUT2D eigenvalue weighted by atomic mass is 79.9. The van der Waals surface area contributed by atoms with Gasteiger partial charge in [-0.3, -0.25) is 4.79 Å². The van der Waals surface area contributed by atoms with E-state index in [4.69, 9.17) is 0 Å². The van der Waals surface area contributed by atoms with Crippen molar-refractivity contribution in [2.75, 3.05) is 20.1 Å². The third-order valence-electron chi connectivity index (χ3n) is 3.41. The molecule has 2 rings (SSSR count). The summed E-state index contributed by atoms with van der Waals surface area (Å²) >= 11 is 3.29. The second-order valence-electron chi connectivity index (χ2n) is 4.96. The fourth-order valence-corrected chi connectivity index (χ4v) is 2.78. The number of rotatable bonds is 3.